The van der Waals surface area contributed by atoms with Gasteiger partial charge in [-0.2, -0.15) is 0 Å². The summed E-state index contributed by atoms with van der Waals surface area (Å²) in [6.45, 7) is 8.64. The number of nitrogens with one attached hydrogen (secondary N) is 2. The zero-order valence-electron chi connectivity index (χ0n) is 9.48. The van der Waals surface area contributed by atoms with Crippen LogP contribution in [0.4, 0.5) is 0 Å². The van der Waals surface area contributed by atoms with Crippen LogP contribution in [0.15, 0.2) is 0 Å². The quantitative estimate of drug-likeness (QED) is 0.371. The molecule has 0 spiro atoms. The standard InChI is InChI=1S/C11H24N2/c1-9(2)7-5-6-8-11(12)13-10(3)4/h9-10H,5-8H2,1-4H3,(H2,12,13). The van der Waals surface area contributed by atoms with Gasteiger partial charge in [0.15, 0.2) is 0 Å². The molecule has 0 rings (SSSR count). The molecule has 78 valence electrons. The summed E-state index contributed by atoms with van der Waals surface area (Å²) in [6.07, 6.45) is 4.59. The lowest BCUT2D eigenvalue weighted by Gasteiger charge is -2.11. The van der Waals surface area contributed by atoms with Gasteiger partial charge in [-0.3, -0.25) is 5.41 Å². The van der Waals surface area contributed by atoms with E-state index in [-0.39, 0.29) is 0 Å². The average Bonchev–Trinajstić information content (AvgIpc) is 1.96. The Bertz CT molecular complexity index is 139. The Morgan fingerprint density at radius 3 is 2.23 bits per heavy atom. The van der Waals surface area contributed by atoms with E-state index >= 15 is 0 Å². The van der Waals surface area contributed by atoms with Crippen LogP contribution in [0.2, 0.25) is 0 Å². The third-order valence-corrected chi connectivity index (χ3v) is 1.92. The van der Waals surface area contributed by atoms with Crippen LogP contribution in [0.5, 0.6) is 0 Å². The van der Waals surface area contributed by atoms with Crippen molar-refractivity contribution in [2.75, 3.05) is 0 Å². The molecule has 0 bridgehead atoms. The molecule has 0 aromatic rings. The molecule has 2 heteroatoms. The first kappa shape index (κ1) is 12.5. The Labute approximate surface area is 82.6 Å². The molecule has 2 nitrogen and oxygen atoms in total. The first-order valence-electron chi connectivity index (χ1n) is 5.36. The molecule has 0 atom stereocenters. The molecule has 0 aliphatic rings. The van der Waals surface area contributed by atoms with E-state index in [1.54, 1.807) is 0 Å². The minimum absolute atomic E-state index is 0.401. The largest absolute Gasteiger partial charge is 0.372 e. The SMILES string of the molecule is CC(C)CCCCC(=N)NC(C)C. The zero-order valence-corrected chi connectivity index (χ0v) is 9.48. The van der Waals surface area contributed by atoms with Crippen molar-refractivity contribution >= 4 is 5.84 Å². The van der Waals surface area contributed by atoms with Crippen molar-refractivity contribution in [2.24, 2.45) is 5.92 Å². The summed E-state index contributed by atoms with van der Waals surface area (Å²) in [5, 5.41) is 10.7. The average molecular weight is 184 g/mol. The minimum Gasteiger partial charge on any atom is -0.372 e. The molecule has 0 amide bonds. The number of unbranched alkanes of at least 4 members (excludes halogenated alkanes) is 1. The maximum atomic E-state index is 7.59. The number of hydrogen-bond acceptors (Lipinski definition) is 1. The lowest BCUT2D eigenvalue weighted by Crippen LogP contribution is -2.29. The predicted octanol–water partition coefficient (Wildman–Crippen LogP) is 3.18. The topological polar surface area (TPSA) is 35.9 Å². The van der Waals surface area contributed by atoms with E-state index < -0.39 is 0 Å². The molecule has 0 saturated heterocycles. The number of amidine groups is 1. The summed E-state index contributed by atoms with van der Waals surface area (Å²) in [7, 11) is 0. The van der Waals surface area contributed by atoms with Crippen LogP contribution in [-0.2, 0) is 0 Å². The van der Waals surface area contributed by atoms with Crippen molar-refractivity contribution in [3.8, 4) is 0 Å². The van der Waals surface area contributed by atoms with Gasteiger partial charge < -0.3 is 5.32 Å². The smallest absolute Gasteiger partial charge is 0.0933 e. The third-order valence-electron chi connectivity index (χ3n) is 1.92. The van der Waals surface area contributed by atoms with Gasteiger partial charge in [0.25, 0.3) is 0 Å². The first-order valence-corrected chi connectivity index (χ1v) is 5.36. The van der Waals surface area contributed by atoms with Gasteiger partial charge in [-0.15, -0.1) is 0 Å². The van der Waals surface area contributed by atoms with Crippen LogP contribution in [0, 0.1) is 11.3 Å². The normalized spacial score (nSPS) is 10.9. The summed E-state index contributed by atoms with van der Waals surface area (Å²) in [5.41, 5.74) is 0. The Morgan fingerprint density at radius 2 is 1.77 bits per heavy atom. The molecule has 0 fully saturated rings. The Morgan fingerprint density at radius 1 is 1.15 bits per heavy atom. The first-order chi connectivity index (χ1) is 6.02. The predicted molar refractivity (Wildman–Crippen MR) is 59.3 cm³/mol. The van der Waals surface area contributed by atoms with Gasteiger partial charge >= 0.3 is 0 Å². The molecule has 0 aliphatic carbocycles. The molecule has 0 aliphatic heterocycles. The van der Waals surface area contributed by atoms with Crippen LogP contribution in [-0.4, -0.2) is 11.9 Å². The maximum Gasteiger partial charge on any atom is 0.0933 e. The van der Waals surface area contributed by atoms with Crippen LogP contribution in [0.3, 0.4) is 0 Å². The highest BCUT2D eigenvalue weighted by atomic mass is 15.0. The fourth-order valence-corrected chi connectivity index (χ4v) is 1.27. The van der Waals surface area contributed by atoms with Crippen LogP contribution >= 0.6 is 0 Å². The van der Waals surface area contributed by atoms with Crippen molar-refractivity contribution in [3.63, 3.8) is 0 Å². The second-order valence-electron chi connectivity index (χ2n) is 4.42. The van der Waals surface area contributed by atoms with Gasteiger partial charge in [-0.25, -0.2) is 0 Å². The fraction of sp³-hybridized carbons (Fsp3) is 0.909. The zero-order chi connectivity index (χ0) is 10.3. The van der Waals surface area contributed by atoms with Gasteiger partial charge in [0.05, 0.1) is 5.84 Å². The Kier molecular flexibility index (Phi) is 6.65. The van der Waals surface area contributed by atoms with Crippen molar-refractivity contribution in [1.82, 2.24) is 5.32 Å². The highest BCUT2D eigenvalue weighted by molar-refractivity contribution is 5.79. The Balaban J connectivity index is 3.27. The Hall–Kier alpha value is -0.530. The molecular weight excluding hydrogens is 160 g/mol. The van der Waals surface area contributed by atoms with E-state index in [0.717, 1.165) is 18.8 Å². The van der Waals surface area contributed by atoms with Crippen molar-refractivity contribution < 1.29 is 0 Å². The van der Waals surface area contributed by atoms with Gasteiger partial charge in [0.2, 0.25) is 0 Å². The highest BCUT2D eigenvalue weighted by Gasteiger charge is 1.99. The maximum absolute atomic E-state index is 7.59. The molecule has 0 radical (unpaired) electrons. The highest BCUT2D eigenvalue weighted by Crippen LogP contribution is 2.07. The number of hydrogen-bond donors (Lipinski definition) is 2. The fourth-order valence-electron chi connectivity index (χ4n) is 1.27. The molecule has 0 aromatic heterocycles. The molecule has 2 N–H and O–H groups in total. The molecular formula is C11H24N2. The summed E-state index contributed by atoms with van der Waals surface area (Å²) >= 11 is 0. The van der Waals surface area contributed by atoms with Gasteiger partial charge in [0.1, 0.15) is 0 Å². The minimum atomic E-state index is 0.401. The van der Waals surface area contributed by atoms with E-state index in [2.05, 4.69) is 33.0 Å². The van der Waals surface area contributed by atoms with Crippen LogP contribution in [0.1, 0.15) is 53.4 Å². The van der Waals surface area contributed by atoms with Gasteiger partial charge in [-0.05, 0) is 26.2 Å². The summed E-state index contributed by atoms with van der Waals surface area (Å²) in [4.78, 5) is 0. The summed E-state index contributed by atoms with van der Waals surface area (Å²) in [6, 6.07) is 0.401. The van der Waals surface area contributed by atoms with E-state index in [0.29, 0.717) is 11.9 Å². The molecule has 0 aromatic carbocycles. The van der Waals surface area contributed by atoms with E-state index in [1.165, 1.54) is 12.8 Å². The van der Waals surface area contributed by atoms with Crippen molar-refractivity contribution in [3.05, 3.63) is 0 Å². The number of rotatable bonds is 6. The lowest BCUT2D eigenvalue weighted by molar-refractivity contribution is 0.540. The second-order valence-corrected chi connectivity index (χ2v) is 4.42. The molecule has 13 heavy (non-hydrogen) atoms. The van der Waals surface area contributed by atoms with Gasteiger partial charge in [-0.1, -0.05) is 26.7 Å². The van der Waals surface area contributed by atoms with E-state index in [9.17, 15) is 0 Å². The summed E-state index contributed by atoms with van der Waals surface area (Å²) < 4.78 is 0. The van der Waals surface area contributed by atoms with Crippen molar-refractivity contribution in [1.29, 1.82) is 5.41 Å². The van der Waals surface area contributed by atoms with Crippen LogP contribution < -0.4 is 5.32 Å². The summed E-state index contributed by atoms with van der Waals surface area (Å²) in [5.74, 6) is 1.49. The van der Waals surface area contributed by atoms with Crippen LogP contribution in [0.25, 0.3) is 0 Å². The van der Waals surface area contributed by atoms with E-state index in [4.69, 9.17) is 5.41 Å². The molecule has 0 heterocycles. The third kappa shape index (κ3) is 9.38. The molecule has 0 saturated carbocycles. The van der Waals surface area contributed by atoms with Gasteiger partial charge in [0, 0.05) is 12.5 Å². The van der Waals surface area contributed by atoms with Crippen molar-refractivity contribution in [2.45, 2.75) is 59.4 Å². The monoisotopic (exact) mass is 184 g/mol. The molecule has 0 unspecified atom stereocenters. The van der Waals surface area contributed by atoms with E-state index in [1.807, 2.05) is 0 Å². The lowest BCUT2D eigenvalue weighted by atomic mass is 10.1. The second kappa shape index (κ2) is 6.93.